The van der Waals surface area contributed by atoms with Crippen molar-refractivity contribution in [3.05, 3.63) is 23.0 Å². The zero-order valence-corrected chi connectivity index (χ0v) is 11.9. The Balaban J connectivity index is 3.37. The largest absolute Gasteiger partial charge is 0.396 e. The Morgan fingerprint density at radius 2 is 2.16 bits per heavy atom. The maximum absolute atomic E-state index is 13.9. The Labute approximate surface area is 117 Å². The van der Waals surface area contributed by atoms with Gasteiger partial charge in [0.05, 0.1) is 12.2 Å². The van der Waals surface area contributed by atoms with Gasteiger partial charge in [-0.1, -0.05) is 24.4 Å². The van der Waals surface area contributed by atoms with E-state index in [9.17, 15) is 12.8 Å². The third kappa shape index (κ3) is 3.38. The Hall–Kier alpha value is -1.29. The van der Waals surface area contributed by atoms with Crippen LogP contribution in [0.1, 0.15) is 13.3 Å². The minimum Gasteiger partial charge on any atom is -0.396 e. The van der Waals surface area contributed by atoms with Gasteiger partial charge in [-0.2, -0.15) is 4.31 Å². The molecular formula is C12H14ClFN2O2S. The summed E-state index contributed by atoms with van der Waals surface area (Å²) in [6, 6.07) is 2.18. The second-order valence-corrected chi connectivity index (χ2v) is 6.19. The molecule has 104 valence electrons. The molecule has 2 N–H and O–H groups in total. The third-order valence-corrected chi connectivity index (χ3v) is 4.45. The first kappa shape index (κ1) is 15.8. The maximum Gasteiger partial charge on any atom is 0.246 e. The molecule has 4 nitrogen and oxygen atoms in total. The molecule has 0 amide bonds. The van der Waals surface area contributed by atoms with Crippen LogP contribution >= 0.6 is 11.6 Å². The normalized spacial score (nSPS) is 11.5. The summed E-state index contributed by atoms with van der Waals surface area (Å²) in [5.41, 5.74) is 5.07. The van der Waals surface area contributed by atoms with E-state index in [4.69, 9.17) is 23.8 Å². The Bertz CT molecular complexity index is 611. The lowest BCUT2D eigenvalue weighted by atomic mass is 10.3. The molecule has 0 bridgehead atoms. The van der Waals surface area contributed by atoms with Crippen molar-refractivity contribution in [2.45, 2.75) is 18.2 Å². The third-order valence-electron chi connectivity index (χ3n) is 2.39. The monoisotopic (exact) mass is 304 g/mol. The van der Waals surface area contributed by atoms with Gasteiger partial charge >= 0.3 is 0 Å². The van der Waals surface area contributed by atoms with Crippen molar-refractivity contribution in [1.29, 1.82) is 0 Å². The van der Waals surface area contributed by atoms with Crippen LogP contribution in [0.2, 0.25) is 5.02 Å². The number of rotatable bonds is 5. The minimum atomic E-state index is -4.05. The van der Waals surface area contributed by atoms with Crippen LogP contribution in [0, 0.1) is 18.2 Å². The van der Waals surface area contributed by atoms with Crippen LogP contribution in [0.5, 0.6) is 0 Å². The van der Waals surface area contributed by atoms with E-state index in [-0.39, 0.29) is 23.8 Å². The lowest BCUT2D eigenvalue weighted by molar-refractivity contribution is 0.440. The molecule has 7 heteroatoms. The molecule has 0 saturated carbocycles. The van der Waals surface area contributed by atoms with Gasteiger partial charge in [-0.3, -0.25) is 0 Å². The van der Waals surface area contributed by atoms with E-state index in [1.165, 1.54) is 0 Å². The summed E-state index contributed by atoms with van der Waals surface area (Å²) in [5, 5.41) is 0.0506. The van der Waals surface area contributed by atoms with E-state index < -0.39 is 20.7 Å². The average Bonchev–Trinajstić information content (AvgIpc) is 2.33. The van der Waals surface area contributed by atoms with Crippen LogP contribution in [0.4, 0.5) is 10.1 Å². The van der Waals surface area contributed by atoms with Gasteiger partial charge in [0.25, 0.3) is 0 Å². The first-order chi connectivity index (χ1) is 8.84. The number of benzene rings is 1. The molecule has 0 aliphatic carbocycles. The van der Waals surface area contributed by atoms with Crippen LogP contribution < -0.4 is 5.73 Å². The molecule has 0 aliphatic heterocycles. The predicted octanol–water partition coefficient (Wildman–Crippen LogP) is 2.10. The smallest absolute Gasteiger partial charge is 0.246 e. The van der Waals surface area contributed by atoms with Gasteiger partial charge < -0.3 is 5.73 Å². The van der Waals surface area contributed by atoms with Gasteiger partial charge in [-0.25, -0.2) is 12.8 Å². The van der Waals surface area contributed by atoms with Crippen molar-refractivity contribution in [3.8, 4) is 12.3 Å². The van der Waals surface area contributed by atoms with E-state index in [2.05, 4.69) is 5.92 Å². The number of hydrogen-bond acceptors (Lipinski definition) is 3. The van der Waals surface area contributed by atoms with Gasteiger partial charge in [0, 0.05) is 11.6 Å². The van der Waals surface area contributed by atoms with Gasteiger partial charge in [-0.15, -0.1) is 6.42 Å². The number of nitrogens with zero attached hydrogens (tertiary/aromatic N) is 1. The minimum absolute atomic E-state index is 0.0506. The quantitative estimate of drug-likeness (QED) is 0.669. The molecule has 0 heterocycles. The number of sulfonamides is 1. The summed E-state index contributed by atoms with van der Waals surface area (Å²) in [6.45, 7) is 1.85. The first-order valence-corrected chi connectivity index (χ1v) is 7.34. The molecule has 0 aliphatic rings. The van der Waals surface area contributed by atoms with Gasteiger partial charge in [-0.05, 0) is 18.6 Å². The summed E-state index contributed by atoms with van der Waals surface area (Å²) in [5.74, 6) is 1.23. The summed E-state index contributed by atoms with van der Waals surface area (Å²) >= 11 is 5.72. The van der Waals surface area contributed by atoms with Crippen molar-refractivity contribution in [3.63, 3.8) is 0 Å². The molecule has 19 heavy (non-hydrogen) atoms. The van der Waals surface area contributed by atoms with E-state index in [1.807, 2.05) is 0 Å². The molecule has 0 fully saturated rings. The SMILES string of the molecule is C#CCN(CCC)S(=O)(=O)c1cc(Cl)cc(N)c1F. The van der Waals surface area contributed by atoms with Crippen molar-refractivity contribution in [2.24, 2.45) is 0 Å². The van der Waals surface area contributed by atoms with Crippen molar-refractivity contribution < 1.29 is 12.8 Å². The number of nitrogen functional groups attached to an aromatic ring is 1. The highest BCUT2D eigenvalue weighted by Gasteiger charge is 2.28. The molecule has 0 atom stereocenters. The predicted molar refractivity (Wildman–Crippen MR) is 73.7 cm³/mol. The standard InChI is InChI=1S/C12H14ClFN2O2S/c1-3-5-16(6-4-2)19(17,18)11-8-9(13)7-10(15)12(11)14/h1,7-8H,4-6,15H2,2H3. The molecule has 1 aromatic carbocycles. The highest BCUT2D eigenvalue weighted by Crippen LogP contribution is 2.27. The highest BCUT2D eigenvalue weighted by atomic mass is 35.5. The van der Waals surface area contributed by atoms with Crippen LogP contribution in [0.25, 0.3) is 0 Å². The fraction of sp³-hybridized carbons (Fsp3) is 0.333. The summed E-state index contributed by atoms with van der Waals surface area (Å²) in [6.07, 6.45) is 5.69. The molecule has 1 rings (SSSR count). The van der Waals surface area contributed by atoms with E-state index in [1.54, 1.807) is 6.92 Å². The van der Waals surface area contributed by atoms with Crippen LogP contribution in [-0.4, -0.2) is 25.8 Å². The molecule has 0 aromatic heterocycles. The number of terminal acetylenes is 1. The summed E-state index contributed by atoms with van der Waals surface area (Å²) in [4.78, 5) is -0.554. The van der Waals surface area contributed by atoms with Crippen LogP contribution in [0.3, 0.4) is 0 Å². The lowest BCUT2D eigenvalue weighted by Crippen LogP contribution is -2.33. The number of halogens is 2. The van der Waals surface area contributed by atoms with E-state index >= 15 is 0 Å². The Morgan fingerprint density at radius 3 is 2.68 bits per heavy atom. The molecule has 1 aromatic rings. The van der Waals surface area contributed by atoms with Gasteiger partial charge in [0.15, 0.2) is 5.82 Å². The topological polar surface area (TPSA) is 63.4 Å². The molecule has 0 saturated heterocycles. The zero-order valence-electron chi connectivity index (χ0n) is 10.4. The Kier molecular flexibility index (Phi) is 5.18. The second kappa shape index (κ2) is 6.24. The summed E-state index contributed by atoms with van der Waals surface area (Å²) in [7, 11) is -4.05. The maximum atomic E-state index is 13.9. The van der Waals surface area contributed by atoms with Gasteiger partial charge in [0.2, 0.25) is 10.0 Å². The molecule has 0 radical (unpaired) electrons. The highest BCUT2D eigenvalue weighted by molar-refractivity contribution is 7.89. The second-order valence-electron chi connectivity index (χ2n) is 3.85. The van der Waals surface area contributed by atoms with E-state index in [0.29, 0.717) is 6.42 Å². The number of nitrogens with two attached hydrogens (primary N) is 1. The fourth-order valence-corrected chi connectivity index (χ4v) is 3.40. The van der Waals surface area contributed by atoms with Crippen molar-refractivity contribution in [1.82, 2.24) is 4.31 Å². The number of anilines is 1. The Morgan fingerprint density at radius 1 is 1.53 bits per heavy atom. The van der Waals surface area contributed by atoms with Crippen LogP contribution in [-0.2, 0) is 10.0 Å². The first-order valence-electron chi connectivity index (χ1n) is 5.52. The van der Waals surface area contributed by atoms with Gasteiger partial charge in [0.1, 0.15) is 4.90 Å². The molecular weight excluding hydrogens is 291 g/mol. The van der Waals surface area contributed by atoms with Crippen molar-refractivity contribution in [2.75, 3.05) is 18.8 Å². The van der Waals surface area contributed by atoms with E-state index in [0.717, 1.165) is 16.4 Å². The van der Waals surface area contributed by atoms with Crippen LogP contribution in [0.15, 0.2) is 17.0 Å². The molecule has 0 unspecified atom stereocenters. The zero-order chi connectivity index (χ0) is 14.6. The summed E-state index contributed by atoms with van der Waals surface area (Å²) < 4.78 is 39.5. The lowest BCUT2D eigenvalue weighted by Gasteiger charge is -2.20. The fourth-order valence-electron chi connectivity index (χ4n) is 1.55. The molecule has 0 spiro atoms. The number of hydrogen-bond donors (Lipinski definition) is 1. The van der Waals surface area contributed by atoms with Crippen molar-refractivity contribution >= 4 is 27.3 Å². The average molecular weight is 305 g/mol.